The maximum absolute atomic E-state index is 14.0. The number of benzene rings is 1. The van der Waals surface area contributed by atoms with Crippen molar-refractivity contribution in [1.29, 1.82) is 0 Å². The van der Waals surface area contributed by atoms with Gasteiger partial charge in [0.05, 0.1) is 16.5 Å². The molecule has 0 saturated heterocycles. The number of halogens is 5. The second kappa shape index (κ2) is 10.4. The molecule has 1 aliphatic rings. The lowest BCUT2D eigenvalue weighted by molar-refractivity contribution is -0.139. The summed E-state index contributed by atoms with van der Waals surface area (Å²) in [6.07, 6.45) is -3.49. The summed E-state index contributed by atoms with van der Waals surface area (Å²) in [5.74, 6) is 0.179. The molecule has 0 spiro atoms. The van der Waals surface area contributed by atoms with Gasteiger partial charge in [0, 0.05) is 17.9 Å². The van der Waals surface area contributed by atoms with E-state index < -0.39 is 49.1 Å². The Labute approximate surface area is 207 Å². The Bertz CT molecular complexity index is 1320. The fraction of sp³-hybridized carbons (Fsp3) is 0.545. The summed E-state index contributed by atoms with van der Waals surface area (Å²) < 4.78 is 120. The maximum atomic E-state index is 14.0. The van der Waals surface area contributed by atoms with Crippen molar-refractivity contribution in [2.24, 2.45) is 11.1 Å². The van der Waals surface area contributed by atoms with E-state index in [4.69, 9.17) is 5.14 Å². The lowest BCUT2D eigenvalue weighted by Crippen LogP contribution is -2.38. The number of aromatic nitrogens is 1. The van der Waals surface area contributed by atoms with E-state index in [1.807, 2.05) is 0 Å². The van der Waals surface area contributed by atoms with Crippen molar-refractivity contribution in [1.82, 2.24) is 9.29 Å². The molecule has 7 nitrogen and oxygen atoms in total. The molecule has 1 aromatic carbocycles. The summed E-state index contributed by atoms with van der Waals surface area (Å²) in [5, 5.41) is 5.33. The van der Waals surface area contributed by atoms with Crippen molar-refractivity contribution in [2.75, 3.05) is 0 Å². The highest BCUT2D eigenvalue weighted by atomic mass is 32.2. The Balaban J connectivity index is 2.17. The Kier molecular flexibility index (Phi) is 8.23. The zero-order valence-corrected chi connectivity index (χ0v) is 21.3. The molecule has 1 saturated carbocycles. The number of hydrogen-bond donors (Lipinski definition) is 2. The minimum Gasteiger partial charge on any atom is -0.343 e. The van der Waals surface area contributed by atoms with Crippen LogP contribution >= 0.6 is 0 Å². The average Bonchev–Trinajstić information content (AvgIpc) is 3.09. The number of hydrogen-bond acceptors (Lipinski definition) is 4. The van der Waals surface area contributed by atoms with E-state index in [1.54, 1.807) is 9.29 Å². The molecule has 0 aliphatic heterocycles. The zero-order chi connectivity index (χ0) is 27.1. The molecule has 2 aromatic rings. The standard InChI is InChI=1S/C22H28F5N3O4S2/c1-13(21(23)24)29-36(33,34)19-9-8-16(10-17(19)22(25,26)27)18-11-20(35(28,31)32)14(2)30(18)12-15-6-4-3-5-7-15/h8-11,13,15,21,29H,3-7,12H2,1-2H3,(H2,28,31,32)/t13-/m1/s1. The van der Waals surface area contributed by atoms with Crippen LogP contribution in [0.15, 0.2) is 34.1 Å². The monoisotopic (exact) mass is 557 g/mol. The third kappa shape index (κ3) is 6.26. The average molecular weight is 558 g/mol. The fourth-order valence-corrected chi connectivity index (χ4v) is 6.74. The van der Waals surface area contributed by atoms with Crippen LogP contribution in [0.1, 0.15) is 50.3 Å². The smallest absolute Gasteiger partial charge is 0.343 e. The highest BCUT2D eigenvalue weighted by Crippen LogP contribution is 2.39. The molecule has 0 amide bonds. The topological polar surface area (TPSA) is 111 Å². The first-order valence-corrected chi connectivity index (χ1v) is 14.3. The number of primary sulfonamides is 1. The van der Waals surface area contributed by atoms with Gasteiger partial charge in [0.15, 0.2) is 0 Å². The lowest BCUT2D eigenvalue weighted by atomic mass is 9.89. The molecular formula is C22H28F5N3O4S2. The number of nitrogens with two attached hydrogens (primary N) is 1. The van der Waals surface area contributed by atoms with Gasteiger partial charge in [-0.1, -0.05) is 25.3 Å². The fourth-order valence-electron chi connectivity index (χ4n) is 4.52. The Morgan fingerprint density at radius 2 is 1.67 bits per heavy atom. The summed E-state index contributed by atoms with van der Waals surface area (Å²) in [6, 6.07) is 1.62. The molecular weight excluding hydrogens is 529 g/mol. The summed E-state index contributed by atoms with van der Waals surface area (Å²) in [7, 11) is -9.14. The van der Waals surface area contributed by atoms with Crippen LogP contribution < -0.4 is 9.86 Å². The van der Waals surface area contributed by atoms with Gasteiger partial charge in [-0.05, 0) is 56.4 Å². The quantitative estimate of drug-likeness (QED) is 0.461. The van der Waals surface area contributed by atoms with Crippen molar-refractivity contribution in [3.8, 4) is 11.3 Å². The van der Waals surface area contributed by atoms with Crippen LogP contribution in [-0.4, -0.2) is 33.9 Å². The van der Waals surface area contributed by atoms with Crippen molar-refractivity contribution < 1.29 is 38.8 Å². The second-order valence-corrected chi connectivity index (χ2v) is 12.3. The van der Waals surface area contributed by atoms with Gasteiger partial charge in [-0.15, -0.1) is 0 Å². The minimum atomic E-state index is -5.15. The molecule has 0 bridgehead atoms. The highest BCUT2D eigenvalue weighted by Gasteiger charge is 2.39. The summed E-state index contributed by atoms with van der Waals surface area (Å²) in [5.41, 5.74) is -1.26. The van der Waals surface area contributed by atoms with Gasteiger partial charge in [-0.2, -0.15) is 13.2 Å². The van der Waals surface area contributed by atoms with Crippen molar-refractivity contribution >= 4 is 20.0 Å². The van der Waals surface area contributed by atoms with E-state index >= 15 is 0 Å². The number of nitrogens with one attached hydrogen (secondary N) is 1. The van der Waals surface area contributed by atoms with Crippen molar-refractivity contribution in [3.05, 3.63) is 35.5 Å². The molecule has 0 unspecified atom stereocenters. The largest absolute Gasteiger partial charge is 0.417 e. The highest BCUT2D eigenvalue weighted by molar-refractivity contribution is 7.89. The summed E-state index contributed by atoms with van der Waals surface area (Å²) in [4.78, 5) is -1.45. The van der Waals surface area contributed by atoms with Crippen LogP contribution in [0.5, 0.6) is 0 Å². The molecule has 1 fully saturated rings. The number of alkyl halides is 5. The number of nitrogens with zero attached hydrogens (tertiary/aromatic N) is 1. The third-order valence-corrected chi connectivity index (χ3v) is 9.02. The third-order valence-electron chi connectivity index (χ3n) is 6.38. The lowest BCUT2D eigenvalue weighted by Gasteiger charge is -2.24. The first-order chi connectivity index (χ1) is 16.5. The van der Waals surface area contributed by atoms with E-state index in [0.29, 0.717) is 18.7 Å². The molecule has 1 atom stereocenters. The van der Waals surface area contributed by atoms with Crippen LogP contribution in [0, 0.1) is 12.8 Å². The van der Waals surface area contributed by atoms with Gasteiger partial charge in [0.25, 0.3) is 6.43 Å². The van der Waals surface area contributed by atoms with Crippen LogP contribution in [0.25, 0.3) is 11.3 Å². The van der Waals surface area contributed by atoms with Gasteiger partial charge in [0.1, 0.15) is 4.90 Å². The summed E-state index contributed by atoms with van der Waals surface area (Å²) >= 11 is 0. The minimum absolute atomic E-state index is 0.0861. The first-order valence-electron chi connectivity index (χ1n) is 11.3. The summed E-state index contributed by atoms with van der Waals surface area (Å²) in [6.45, 7) is 2.69. The second-order valence-electron chi connectivity index (χ2n) is 9.09. The van der Waals surface area contributed by atoms with E-state index in [1.165, 1.54) is 13.0 Å². The molecule has 1 aromatic heterocycles. The SMILES string of the molecule is Cc1c(S(N)(=O)=O)cc(-c2ccc(S(=O)(=O)N[C@H](C)C(F)F)c(C(F)(F)F)c2)n1CC1CCCCC1. The molecule has 0 radical (unpaired) electrons. The Morgan fingerprint density at radius 3 is 2.19 bits per heavy atom. The van der Waals surface area contributed by atoms with E-state index in [9.17, 15) is 38.8 Å². The number of rotatable bonds is 8. The van der Waals surface area contributed by atoms with Crippen LogP contribution in [0.2, 0.25) is 0 Å². The first kappa shape index (κ1) is 28.5. The van der Waals surface area contributed by atoms with Gasteiger partial charge in [-0.25, -0.2) is 35.5 Å². The van der Waals surface area contributed by atoms with E-state index in [-0.39, 0.29) is 27.8 Å². The molecule has 202 valence electrons. The Morgan fingerprint density at radius 1 is 1.06 bits per heavy atom. The van der Waals surface area contributed by atoms with Crippen LogP contribution in [0.3, 0.4) is 0 Å². The molecule has 3 rings (SSSR count). The molecule has 1 heterocycles. The van der Waals surface area contributed by atoms with Crippen LogP contribution in [0.4, 0.5) is 22.0 Å². The van der Waals surface area contributed by atoms with Gasteiger partial charge in [0.2, 0.25) is 20.0 Å². The molecule has 14 heteroatoms. The normalized spacial score (nSPS) is 17.0. The van der Waals surface area contributed by atoms with Gasteiger partial charge >= 0.3 is 6.18 Å². The predicted molar refractivity (Wildman–Crippen MR) is 123 cm³/mol. The van der Waals surface area contributed by atoms with E-state index in [2.05, 4.69) is 0 Å². The molecule has 1 aliphatic carbocycles. The van der Waals surface area contributed by atoms with Crippen molar-refractivity contribution in [2.45, 2.75) is 80.9 Å². The van der Waals surface area contributed by atoms with E-state index in [0.717, 1.165) is 45.1 Å². The Hall–Kier alpha value is -2.03. The number of sulfonamides is 2. The molecule has 36 heavy (non-hydrogen) atoms. The maximum Gasteiger partial charge on any atom is 0.417 e. The zero-order valence-electron chi connectivity index (χ0n) is 19.6. The molecule has 3 N–H and O–H groups in total. The van der Waals surface area contributed by atoms with Crippen molar-refractivity contribution in [3.63, 3.8) is 0 Å². The van der Waals surface area contributed by atoms with Gasteiger partial charge < -0.3 is 4.57 Å². The van der Waals surface area contributed by atoms with Crippen LogP contribution in [-0.2, 0) is 32.8 Å². The van der Waals surface area contributed by atoms with Gasteiger partial charge in [-0.3, -0.25) is 0 Å². The predicted octanol–water partition coefficient (Wildman–Crippen LogP) is 4.64.